The first-order valence-corrected chi connectivity index (χ1v) is 7.86. The minimum atomic E-state index is 1.06. The molecule has 0 radical (unpaired) electrons. The molecule has 1 fully saturated rings. The molecule has 1 rings (SSSR count). The molecule has 96 valence electrons. The zero-order valence-electron chi connectivity index (χ0n) is 11.6. The second-order valence-electron chi connectivity index (χ2n) is 5.89. The van der Waals surface area contributed by atoms with Crippen molar-refractivity contribution in [1.82, 2.24) is 0 Å². The van der Waals surface area contributed by atoms with Gasteiger partial charge in [0.2, 0.25) is 0 Å². The van der Waals surface area contributed by atoms with E-state index in [9.17, 15) is 0 Å². The lowest BCUT2D eigenvalue weighted by atomic mass is 9.82. The molecule has 0 aromatic heterocycles. The van der Waals surface area contributed by atoms with Crippen molar-refractivity contribution in [2.45, 2.75) is 90.9 Å². The molecule has 0 spiro atoms. The molecular weight excluding hydrogens is 192 g/mol. The second-order valence-corrected chi connectivity index (χ2v) is 5.89. The first-order chi connectivity index (χ1) is 7.86. The zero-order valence-corrected chi connectivity index (χ0v) is 11.6. The van der Waals surface area contributed by atoms with Crippen LogP contribution in [0.3, 0.4) is 0 Å². The van der Waals surface area contributed by atoms with Crippen molar-refractivity contribution in [3.8, 4) is 0 Å². The van der Waals surface area contributed by atoms with Crippen molar-refractivity contribution in [1.29, 1.82) is 0 Å². The van der Waals surface area contributed by atoms with E-state index < -0.39 is 0 Å². The Labute approximate surface area is 103 Å². The summed E-state index contributed by atoms with van der Waals surface area (Å²) in [5.74, 6) is 2.11. The predicted octanol–water partition coefficient (Wildman–Crippen LogP) is 5.95. The van der Waals surface area contributed by atoms with Crippen LogP contribution < -0.4 is 0 Å². The van der Waals surface area contributed by atoms with E-state index in [0.29, 0.717) is 0 Å². The predicted molar refractivity (Wildman–Crippen MR) is 73.7 cm³/mol. The van der Waals surface area contributed by atoms with Crippen molar-refractivity contribution >= 4 is 0 Å². The Balaban J connectivity index is 2.40. The monoisotopic (exact) mass is 224 g/mol. The summed E-state index contributed by atoms with van der Waals surface area (Å²) < 4.78 is 0. The normalized spacial score (nSPS) is 28.9. The maximum Gasteiger partial charge on any atom is -0.0412 e. The molecule has 2 atom stereocenters. The Bertz CT molecular complexity index is 134. The van der Waals surface area contributed by atoms with Gasteiger partial charge in [-0.15, -0.1) is 0 Å². The molecule has 16 heavy (non-hydrogen) atoms. The van der Waals surface area contributed by atoms with Crippen molar-refractivity contribution < 1.29 is 0 Å². The van der Waals surface area contributed by atoms with Gasteiger partial charge in [0.25, 0.3) is 0 Å². The van der Waals surface area contributed by atoms with Gasteiger partial charge < -0.3 is 0 Å². The van der Waals surface area contributed by atoms with E-state index >= 15 is 0 Å². The lowest BCUT2D eigenvalue weighted by Crippen LogP contribution is -2.11. The molecule has 0 nitrogen and oxygen atoms in total. The molecule has 0 amide bonds. The van der Waals surface area contributed by atoms with E-state index in [-0.39, 0.29) is 0 Å². The van der Waals surface area contributed by atoms with Crippen LogP contribution in [0.4, 0.5) is 0 Å². The van der Waals surface area contributed by atoms with Crippen LogP contribution in [0, 0.1) is 11.8 Å². The minimum absolute atomic E-state index is 1.06. The third kappa shape index (κ3) is 5.92. The van der Waals surface area contributed by atoms with Crippen LogP contribution in [0.1, 0.15) is 90.9 Å². The number of hydrogen-bond donors (Lipinski definition) is 0. The second kappa shape index (κ2) is 9.07. The van der Waals surface area contributed by atoms with Gasteiger partial charge in [-0.2, -0.15) is 0 Å². The number of hydrogen-bond acceptors (Lipinski definition) is 0. The van der Waals surface area contributed by atoms with Crippen LogP contribution in [0.15, 0.2) is 0 Å². The van der Waals surface area contributed by atoms with Gasteiger partial charge in [0.1, 0.15) is 0 Å². The third-order valence-corrected chi connectivity index (χ3v) is 4.29. The van der Waals surface area contributed by atoms with Crippen molar-refractivity contribution in [2.75, 3.05) is 0 Å². The molecule has 1 aliphatic rings. The van der Waals surface area contributed by atoms with E-state index in [2.05, 4.69) is 13.8 Å². The van der Waals surface area contributed by atoms with Gasteiger partial charge >= 0.3 is 0 Å². The zero-order chi connectivity index (χ0) is 11.6. The molecule has 0 aromatic carbocycles. The van der Waals surface area contributed by atoms with Crippen LogP contribution in [0.25, 0.3) is 0 Å². The lowest BCUT2D eigenvalue weighted by Gasteiger charge is -2.24. The van der Waals surface area contributed by atoms with Crippen molar-refractivity contribution in [3.63, 3.8) is 0 Å². The molecule has 0 N–H and O–H groups in total. The van der Waals surface area contributed by atoms with Gasteiger partial charge in [-0.1, -0.05) is 84.5 Å². The van der Waals surface area contributed by atoms with Gasteiger partial charge in [0.05, 0.1) is 0 Å². The molecule has 2 unspecified atom stereocenters. The highest BCUT2D eigenvalue weighted by Crippen LogP contribution is 2.30. The van der Waals surface area contributed by atoms with E-state index in [1.807, 2.05) is 0 Å². The Kier molecular flexibility index (Phi) is 7.98. The Morgan fingerprint density at radius 2 is 1.12 bits per heavy atom. The lowest BCUT2D eigenvalue weighted by molar-refractivity contribution is 0.282. The summed E-state index contributed by atoms with van der Waals surface area (Å²) in [6.07, 6.45) is 17.8. The summed E-state index contributed by atoms with van der Waals surface area (Å²) in [7, 11) is 0. The average Bonchev–Trinajstić information content (AvgIpc) is 2.28. The topological polar surface area (TPSA) is 0 Å². The van der Waals surface area contributed by atoms with E-state index in [0.717, 1.165) is 11.8 Å². The molecule has 0 aliphatic heterocycles. The van der Waals surface area contributed by atoms with Crippen LogP contribution in [-0.2, 0) is 0 Å². The highest BCUT2D eigenvalue weighted by Gasteiger charge is 2.16. The smallest absolute Gasteiger partial charge is 0.0412 e. The standard InChI is InChI=1S/C16H32/c1-3-10-15-12-8-6-5-7-9-13-16(14-15)11-4-2/h15-16H,3-14H2,1-2H3. The molecule has 0 heteroatoms. The Morgan fingerprint density at radius 1 is 0.688 bits per heavy atom. The van der Waals surface area contributed by atoms with E-state index in [1.54, 1.807) is 6.42 Å². The maximum atomic E-state index is 2.35. The van der Waals surface area contributed by atoms with Gasteiger partial charge in [-0.05, 0) is 18.3 Å². The summed E-state index contributed by atoms with van der Waals surface area (Å²) in [4.78, 5) is 0. The fraction of sp³-hybridized carbons (Fsp3) is 1.00. The maximum absolute atomic E-state index is 2.35. The Hall–Kier alpha value is 0. The highest BCUT2D eigenvalue weighted by atomic mass is 14.2. The molecule has 0 saturated heterocycles. The van der Waals surface area contributed by atoms with Crippen LogP contribution in [-0.4, -0.2) is 0 Å². The van der Waals surface area contributed by atoms with Gasteiger partial charge in [-0.25, -0.2) is 0 Å². The van der Waals surface area contributed by atoms with Crippen LogP contribution in [0.5, 0.6) is 0 Å². The number of rotatable bonds is 4. The fourth-order valence-corrected chi connectivity index (χ4v) is 3.44. The molecular formula is C16H32. The highest BCUT2D eigenvalue weighted by molar-refractivity contribution is 4.69. The van der Waals surface area contributed by atoms with Gasteiger partial charge in [0, 0.05) is 0 Å². The molecule has 0 aromatic rings. The SMILES string of the molecule is CCCC1CCCCCCCC(CCC)C1. The molecule has 0 heterocycles. The average molecular weight is 224 g/mol. The first kappa shape index (κ1) is 14.1. The summed E-state index contributed by atoms with van der Waals surface area (Å²) in [5, 5.41) is 0. The van der Waals surface area contributed by atoms with Crippen molar-refractivity contribution in [3.05, 3.63) is 0 Å². The van der Waals surface area contributed by atoms with E-state index in [4.69, 9.17) is 0 Å². The third-order valence-electron chi connectivity index (χ3n) is 4.29. The van der Waals surface area contributed by atoms with Gasteiger partial charge in [0.15, 0.2) is 0 Å². The summed E-state index contributed by atoms with van der Waals surface area (Å²) in [6.45, 7) is 4.71. The van der Waals surface area contributed by atoms with Crippen molar-refractivity contribution in [2.24, 2.45) is 11.8 Å². The quantitative estimate of drug-likeness (QED) is 0.553. The Morgan fingerprint density at radius 3 is 1.56 bits per heavy atom. The molecule has 1 aliphatic carbocycles. The molecule has 0 bridgehead atoms. The minimum Gasteiger partial charge on any atom is -0.0654 e. The van der Waals surface area contributed by atoms with E-state index in [1.165, 1.54) is 70.6 Å². The molecule has 1 saturated carbocycles. The largest absolute Gasteiger partial charge is 0.0654 e. The summed E-state index contributed by atoms with van der Waals surface area (Å²) in [6, 6.07) is 0. The summed E-state index contributed by atoms with van der Waals surface area (Å²) in [5.41, 5.74) is 0. The fourth-order valence-electron chi connectivity index (χ4n) is 3.44. The van der Waals surface area contributed by atoms with Crippen LogP contribution in [0.2, 0.25) is 0 Å². The first-order valence-electron chi connectivity index (χ1n) is 7.86. The van der Waals surface area contributed by atoms with Crippen LogP contribution >= 0.6 is 0 Å². The van der Waals surface area contributed by atoms with Gasteiger partial charge in [-0.3, -0.25) is 0 Å². The summed E-state index contributed by atoms with van der Waals surface area (Å²) >= 11 is 0.